The summed E-state index contributed by atoms with van der Waals surface area (Å²) in [5.74, 6) is 6.28. The zero-order chi connectivity index (χ0) is 10.6. The summed E-state index contributed by atoms with van der Waals surface area (Å²) in [6, 6.07) is 0. The minimum absolute atomic E-state index is 0.380. The van der Waals surface area contributed by atoms with Gasteiger partial charge in [-0.15, -0.1) is 0 Å². The van der Waals surface area contributed by atoms with Crippen LogP contribution in [-0.2, 0) is 4.74 Å². The number of hydrogen-bond donors (Lipinski definition) is 0. The van der Waals surface area contributed by atoms with E-state index in [4.69, 9.17) is 39.5 Å². The Morgan fingerprint density at radius 1 is 0.938 bits per heavy atom. The molecule has 86 valence electrons. The molecule has 0 radical (unpaired) electrons. The van der Waals surface area contributed by atoms with E-state index in [0.29, 0.717) is 17.9 Å². The Balaban J connectivity index is 1.71. The van der Waals surface area contributed by atoms with Gasteiger partial charge in [-0.05, 0) is 41.9 Å². The molecule has 10 unspecified atom stereocenters. The van der Waals surface area contributed by atoms with E-state index in [2.05, 4.69) is 0 Å². The first-order valence-corrected chi connectivity index (χ1v) is 7.45. The second-order valence-corrected chi connectivity index (χ2v) is 9.08. The SMILES string of the molecule is ClC(Cl)(Cl)C12OC3C4C5CC(C6C5C3C61)C42. The standard InChI is InChI=1S/C12H11Cl3O/c13-12(14,15)11-8-3-1-2-4-5(3)9(11)7(4)10(16-11)6(2)8/h2-10H,1H2. The number of hydrogen-bond acceptors (Lipinski definition) is 1. The van der Waals surface area contributed by atoms with Crippen LogP contribution in [0.15, 0.2) is 0 Å². The predicted molar refractivity (Wildman–Crippen MR) is 60.4 cm³/mol. The molecule has 2 aliphatic heterocycles. The van der Waals surface area contributed by atoms with E-state index >= 15 is 0 Å². The molecule has 10 atom stereocenters. The molecule has 2 heterocycles. The first-order chi connectivity index (χ1) is 7.57. The van der Waals surface area contributed by atoms with Crippen molar-refractivity contribution in [3.05, 3.63) is 0 Å². The fraction of sp³-hybridized carbons (Fsp3) is 1.00. The number of ether oxygens (including phenoxy) is 1. The van der Waals surface area contributed by atoms with Crippen molar-refractivity contribution in [1.29, 1.82) is 0 Å². The lowest BCUT2D eigenvalue weighted by atomic mass is 9.57. The zero-order valence-electron chi connectivity index (χ0n) is 8.45. The summed E-state index contributed by atoms with van der Waals surface area (Å²) in [6.45, 7) is 0. The van der Waals surface area contributed by atoms with Gasteiger partial charge in [0.2, 0.25) is 3.79 Å². The van der Waals surface area contributed by atoms with Crippen molar-refractivity contribution in [3.63, 3.8) is 0 Å². The van der Waals surface area contributed by atoms with Gasteiger partial charge < -0.3 is 4.74 Å². The average molecular weight is 278 g/mol. The predicted octanol–water partition coefficient (Wildman–Crippen LogP) is 2.88. The third-order valence-electron chi connectivity index (χ3n) is 7.14. The molecule has 0 aromatic carbocycles. The molecule has 0 aromatic rings. The topological polar surface area (TPSA) is 9.23 Å². The normalized spacial score (nSPS) is 79.3. The number of halogens is 3. The van der Waals surface area contributed by atoms with Crippen molar-refractivity contribution in [2.45, 2.75) is 21.9 Å². The lowest BCUT2D eigenvalue weighted by molar-refractivity contribution is -0.0275. The largest absolute Gasteiger partial charge is 0.366 e. The van der Waals surface area contributed by atoms with Gasteiger partial charge in [0, 0.05) is 11.8 Å². The Kier molecular flexibility index (Phi) is 1.10. The van der Waals surface area contributed by atoms with Crippen LogP contribution in [0.2, 0.25) is 0 Å². The van der Waals surface area contributed by atoms with Crippen LogP contribution in [0.1, 0.15) is 6.42 Å². The molecule has 7 aliphatic rings. The molecule has 5 aliphatic carbocycles. The van der Waals surface area contributed by atoms with E-state index in [9.17, 15) is 0 Å². The second-order valence-electron chi connectivity index (χ2n) is 6.80. The van der Waals surface area contributed by atoms with E-state index < -0.39 is 3.79 Å². The minimum Gasteiger partial charge on any atom is -0.366 e. The van der Waals surface area contributed by atoms with E-state index in [1.807, 2.05) is 0 Å². The Hall–Kier alpha value is 0.830. The maximum absolute atomic E-state index is 6.32. The molecule has 7 fully saturated rings. The van der Waals surface area contributed by atoms with Gasteiger partial charge in [-0.3, -0.25) is 0 Å². The van der Waals surface area contributed by atoms with E-state index in [-0.39, 0.29) is 5.60 Å². The summed E-state index contributed by atoms with van der Waals surface area (Å²) >= 11 is 18.9. The summed E-state index contributed by atoms with van der Waals surface area (Å²) in [6.07, 6.45) is 1.88. The fourth-order valence-corrected chi connectivity index (χ4v) is 8.35. The molecular formula is C12H11Cl3O. The molecular weight excluding hydrogens is 266 g/mol. The van der Waals surface area contributed by atoms with Gasteiger partial charge in [0.25, 0.3) is 0 Å². The number of rotatable bonds is 0. The van der Waals surface area contributed by atoms with Crippen LogP contribution in [0.5, 0.6) is 0 Å². The molecule has 16 heavy (non-hydrogen) atoms. The van der Waals surface area contributed by atoms with E-state index in [1.54, 1.807) is 0 Å². The monoisotopic (exact) mass is 276 g/mol. The van der Waals surface area contributed by atoms with Gasteiger partial charge >= 0.3 is 0 Å². The fourth-order valence-electron chi connectivity index (χ4n) is 7.46. The van der Waals surface area contributed by atoms with Gasteiger partial charge in [0.05, 0.1) is 6.10 Å². The van der Waals surface area contributed by atoms with Crippen molar-refractivity contribution < 1.29 is 4.74 Å². The first kappa shape index (κ1) is 8.85. The van der Waals surface area contributed by atoms with Gasteiger partial charge in [-0.25, -0.2) is 0 Å². The zero-order valence-corrected chi connectivity index (χ0v) is 10.7. The third-order valence-corrected chi connectivity index (χ3v) is 8.03. The molecule has 2 saturated heterocycles. The van der Waals surface area contributed by atoms with Crippen molar-refractivity contribution in [1.82, 2.24) is 0 Å². The smallest absolute Gasteiger partial charge is 0.219 e. The molecule has 4 bridgehead atoms. The highest BCUT2D eigenvalue weighted by Gasteiger charge is 2.95. The highest BCUT2D eigenvalue weighted by atomic mass is 35.6. The van der Waals surface area contributed by atoms with Crippen LogP contribution >= 0.6 is 34.8 Å². The van der Waals surface area contributed by atoms with Gasteiger partial charge in [-0.2, -0.15) is 0 Å². The van der Waals surface area contributed by atoms with Crippen molar-refractivity contribution in [2.24, 2.45) is 47.3 Å². The highest BCUT2D eigenvalue weighted by molar-refractivity contribution is 6.68. The molecule has 0 amide bonds. The average Bonchev–Trinajstić information content (AvgIpc) is 2.68. The van der Waals surface area contributed by atoms with E-state index in [1.165, 1.54) is 6.42 Å². The third kappa shape index (κ3) is 0.507. The molecule has 7 rings (SSSR count). The Labute approximate surface area is 109 Å². The molecule has 5 saturated carbocycles. The van der Waals surface area contributed by atoms with Crippen molar-refractivity contribution in [2.75, 3.05) is 0 Å². The lowest BCUT2D eigenvalue weighted by Gasteiger charge is -2.47. The Bertz CT molecular complexity index is 436. The van der Waals surface area contributed by atoms with Crippen LogP contribution in [0.25, 0.3) is 0 Å². The van der Waals surface area contributed by atoms with Crippen LogP contribution in [0.3, 0.4) is 0 Å². The maximum Gasteiger partial charge on any atom is 0.219 e. The van der Waals surface area contributed by atoms with Gasteiger partial charge in [0.1, 0.15) is 5.60 Å². The summed E-state index contributed by atoms with van der Waals surface area (Å²) in [5, 5.41) is 0. The summed E-state index contributed by atoms with van der Waals surface area (Å²) in [5.41, 5.74) is -0.380. The molecule has 0 spiro atoms. The van der Waals surface area contributed by atoms with Crippen LogP contribution in [-0.4, -0.2) is 15.5 Å². The van der Waals surface area contributed by atoms with Crippen molar-refractivity contribution in [3.8, 4) is 0 Å². The summed E-state index contributed by atoms with van der Waals surface area (Å²) in [7, 11) is 0. The van der Waals surface area contributed by atoms with E-state index in [0.717, 1.165) is 35.5 Å². The molecule has 4 heteroatoms. The van der Waals surface area contributed by atoms with Crippen LogP contribution in [0.4, 0.5) is 0 Å². The van der Waals surface area contributed by atoms with Crippen molar-refractivity contribution >= 4 is 34.8 Å². The van der Waals surface area contributed by atoms with Gasteiger partial charge in [0.15, 0.2) is 0 Å². The quantitative estimate of drug-likeness (QED) is 0.619. The lowest BCUT2D eigenvalue weighted by Crippen LogP contribution is -2.54. The van der Waals surface area contributed by atoms with Crippen LogP contribution in [0, 0.1) is 47.3 Å². The Morgan fingerprint density at radius 3 is 2.50 bits per heavy atom. The summed E-state index contributed by atoms with van der Waals surface area (Å²) < 4.78 is 5.12. The molecule has 0 N–H and O–H groups in total. The first-order valence-electron chi connectivity index (χ1n) is 6.32. The summed E-state index contributed by atoms with van der Waals surface area (Å²) in [4.78, 5) is 0. The molecule has 1 nitrogen and oxygen atoms in total. The second kappa shape index (κ2) is 1.99. The number of alkyl halides is 3. The highest BCUT2D eigenvalue weighted by Crippen LogP contribution is 2.92. The minimum atomic E-state index is -1.21. The Morgan fingerprint density at radius 2 is 1.75 bits per heavy atom. The van der Waals surface area contributed by atoms with Gasteiger partial charge in [-0.1, -0.05) is 34.8 Å². The maximum atomic E-state index is 6.32. The molecule has 0 aromatic heterocycles. The van der Waals surface area contributed by atoms with Crippen LogP contribution < -0.4 is 0 Å².